The first kappa shape index (κ1) is 16.4. The number of amides is 1. The van der Waals surface area contributed by atoms with Crippen LogP contribution in [0.1, 0.15) is 23.5 Å². The molecule has 1 unspecified atom stereocenters. The predicted molar refractivity (Wildman–Crippen MR) is 105 cm³/mol. The number of aryl methyl sites for hydroxylation is 1. The average Bonchev–Trinajstić information content (AvgIpc) is 3.37. The van der Waals surface area contributed by atoms with E-state index in [1.807, 2.05) is 48.3 Å². The van der Waals surface area contributed by atoms with E-state index in [-0.39, 0.29) is 11.8 Å². The van der Waals surface area contributed by atoms with Crippen LogP contribution in [-0.4, -0.2) is 30.5 Å². The predicted octanol–water partition coefficient (Wildman–Crippen LogP) is 3.14. The number of fused-ring (bicyclic) bond motifs is 1. The molecule has 1 aromatic carbocycles. The molecule has 0 radical (unpaired) electrons. The third-order valence-corrected chi connectivity index (χ3v) is 5.06. The molecular weight excluding hydrogens is 352 g/mol. The largest absolute Gasteiger partial charge is 0.311 e. The summed E-state index contributed by atoms with van der Waals surface area (Å²) in [4.78, 5) is 16.7. The maximum atomic E-state index is 12.4. The van der Waals surface area contributed by atoms with Gasteiger partial charge < -0.3 is 5.32 Å². The lowest BCUT2D eigenvalue weighted by Crippen LogP contribution is -2.24. The fraction of sp³-hybridized carbons (Fsp3) is 0.143. The van der Waals surface area contributed by atoms with Gasteiger partial charge in [-0.15, -0.1) is 0 Å². The van der Waals surface area contributed by atoms with Gasteiger partial charge in [0.1, 0.15) is 5.82 Å². The number of benzene rings is 1. The van der Waals surface area contributed by atoms with Gasteiger partial charge >= 0.3 is 0 Å². The van der Waals surface area contributed by atoms with E-state index in [1.54, 1.807) is 23.3 Å². The topological polar surface area (TPSA) is 77.6 Å². The standard InChI is InChI=1S/C21H18N6O/c1-26-21-19(20(25-26)15-6-3-8-22-13-15)17(12-18(28)24-21)14-5-2-7-16(11-14)27-10-4-9-23-27/h2-11,13,17H,12H2,1H3,(H,24,28). The van der Waals surface area contributed by atoms with Crippen LogP contribution < -0.4 is 5.32 Å². The summed E-state index contributed by atoms with van der Waals surface area (Å²) in [7, 11) is 1.85. The second-order valence-electron chi connectivity index (χ2n) is 6.83. The Hall–Kier alpha value is -3.74. The molecule has 3 aromatic heterocycles. The van der Waals surface area contributed by atoms with Crippen LogP contribution >= 0.6 is 0 Å². The minimum absolute atomic E-state index is 0.0114. The van der Waals surface area contributed by atoms with Gasteiger partial charge in [0, 0.05) is 55.3 Å². The SMILES string of the molecule is Cn1nc(-c2cccnc2)c2c1NC(=O)CC2c1cccc(-n2cccn2)c1. The molecule has 0 bridgehead atoms. The van der Waals surface area contributed by atoms with Crippen molar-refractivity contribution in [2.24, 2.45) is 7.05 Å². The zero-order chi connectivity index (χ0) is 19.1. The number of pyridine rings is 1. The molecule has 0 fully saturated rings. The van der Waals surface area contributed by atoms with Crippen LogP contribution in [0.25, 0.3) is 16.9 Å². The number of aromatic nitrogens is 5. The smallest absolute Gasteiger partial charge is 0.226 e. The summed E-state index contributed by atoms with van der Waals surface area (Å²) < 4.78 is 3.55. The van der Waals surface area contributed by atoms with Gasteiger partial charge in [0.05, 0.1) is 11.4 Å². The van der Waals surface area contributed by atoms with E-state index < -0.39 is 0 Å². The van der Waals surface area contributed by atoms with Gasteiger partial charge in [0.2, 0.25) is 5.91 Å². The zero-order valence-corrected chi connectivity index (χ0v) is 15.3. The minimum Gasteiger partial charge on any atom is -0.311 e. The maximum Gasteiger partial charge on any atom is 0.226 e. The quantitative estimate of drug-likeness (QED) is 0.601. The highest BCUT2D eigenvalue weighted by Gasteiger charge is 2.33. The first-order valence-corrected chi connectivity index (χ1v) is 9.08. The van der Waals surface area contributed by atoms with E-state index in [0.717, 1.165) is 33.9 Å². The van der Waals surface area contributed by atoms with Crippen molar-refractivity contribution in [1.29, 1.82) is 0 Å². The van der Waals surface area contributed by atoms with E-state index in [2.05, 4.69) is 32.6 Å². The second kappa shape index (κ2) is 6.45. The summed E-state index contributed by atoms with van der Waals surface area (Å²) in [6.45, 7) is 0. The Morgan fingerprint density at radius 2 is 2.07 bits per heavy atom. The number of carbonyl (C=O) groups is 1. The molecule has 1 atom stereocenters. The molecule has 5 rings (SSSR count). The van der Waals surface area contributed by atoms with Crippen LogP contribution in [-0.2, 0) is 11.8 Å². The highest BCUT2D eigenvalue weighted by atomic mass is 16.1. The molecule has 1 aliphatic rings. The van der Waals surface area contributed by atoms with Crippen LogP contribution in [0, 0.1) is 0 Å². The molecule has 0 aliphatic carbocycles. The average molecular weight is 370 g/mol. The van der Waals surface area contributed by atoms with Crippen LogP contribution in [0.4, 0.5) is 5.82 Å². The van der Waals surface area contributed by atoms with Crippen molar-refractivity contribution >= 4 is 11.7 Å². The normalized spacial score (nSPS) is 15.9. The van der Waals surface area contributed by atoms with E-state index in [1.165, 1.54) is 0 Å². The van der Waals surface area contributed by atoms with Crippen molar-refractivity contribution in [3.63, 3.8) is 0 Å². The maximum absolute atomic E-state index is 12.4. The molecule has 4 aromatic rings. The summed E-state index contributed by atoms with van der Waals surface area (Å²) >= 11 is 0. The van der Waals surface area contributed by atoms with Gasteiger partial charge in [-0.2, -0.15) is 10.2 Å². The number of nitrogens with one attached hydrogen (secondary N) is 1. The third-order valence-electron chi connectivity index (χ3n) is 5.06. The van der Waals surface area contributed by atoms with Gasteiger partial charge in [-0.1, -0.05) is 12.1 Å². The molecule has 28 heavy (non-hydrogen) atoms. The summed E-state index contributed by atoms with van der Waals surface area (Å²) in [5.74, 6) is 0.635. The van der Waals surface area contributed by atoms with Crippen molar-refractivity contribution in [2.75, 3.05) is 5.32 Å². The molecular formula is C21H18N6O. The Balaban J connectivity index is 1.67. The molecule has 7 nitrogen and oxygen atoms in total. The molecule has 0 saturated carbocycles. The summed E-state index contributed by atoms with van der Waals surface area (Å²) in [6, 6.07) is 13.9. The molecule has 1 amide bonds. The van der Waals surface area contributed by atoms with Crippen LogP contribution in [0.15, 0.2) is 67.3 Å². The van der Waals surface area contributed by atoms with Crippen molar-refractivity contribution in [2.45, 2.75) is 12.3 Å². The number of rotatable bonds is 3. The summed E-state index contributed by atoms with van der Waals surface area (Å²) in [5.41, 5.74) is 4.82. The van der Waals surface area contributed by atoms with E-state index in [0.29, 0.717) is 6.42 Å². The molecule has 0 saturated heterocycles. The van der Waals surface area contributed by atoms with Gasteiger partial charge in [0.15, 0.2) is 0 Å². The number of hydrogen-bond donors (Lipinski definition) is 1. The van der Waals surface area contributed by atoms with Crippen molar-refractivity contribution in [3.8, 4) is 16.9 Å². The van der Waals surface area contributed by atoms with E-state index in [9.17, 15) is 4.79 Å². The van der Waals surface area contributed by atoms with Crippen molar-refractivity contribution in [3.05, 3.63) is 78.4 Å². The first-order valence-electron chi connectivity index (χ1n) is 9.08. The minimum atomic E-state index is -0.0943. The fourth-order valence-electron chi connectivity index (χ4n) is 3.80. The Bertz CT molecular complexity index is 1150. The second-order valence-corrected chi connectivity index (χ2v) is 6.83. The van der Waals surface area contributed by atoms with Gasteiger partial charge in [-0.05, 0) is 35.9 Å². The summed E-state index contributed by atoms with van der Waals surface area (Å²) in [5, 5.41) is 12.0. The molecule has 7 heteroatoms. The zero-order valence-electron chi connectivity index (χ0n) is 15.3. The Kier molecular flexibility index (Phi) is 3.79. The highest BCUT2D eigenvalue weighted by Crippen LogP contribution is 2.42. The number of hydrogen-bond acceptors (Lipinski definition) is 4. The van der Waals surface area contributed by atoms with Gasteiger partial charge in [-0.3, -0.25) is 14.5 Å². The fourth-order valence-corrected chi connectivity index (χ4v) is 3.80. The number of nitrogens with zero attached hydrogens (tertiary/aromatic N) is 5. The van der Waals surface area contributed by atoms with Crippen molar-refractivity contribution in [1.82, 2.24) is 24.5 Å². The number of anilines is 1. The van der Waals surface area contributed by atoms with Gasteiger partial charge in [-0.25, -0.2) is 4.68 Å². The summed E-state index contributed by atoms with van der Waals surface area (Å²) in [6.07, 6.45) is 7.57. The third kappa shape index (κ3) is 2.68. The van der Waals surface area contributed by atoms with Crippen LogP contribution in [0.5, 0.6) is 0 Å². The molecule has 1 N–H and O–H groups in total. The van der Waals surface area contributed by atoms with Crippen molar-refractivity contribution < 1.29 is 4.79 Å². The highest BCUT2D eigenvalue weighted by molar-refractivity contribution is 5.96. The Morgan fingerprint density at radius 3 is 2.86 bits per heavy atom. The van der Waals surface area contributed by atoms with E-state index >= 15 is 0 Å². The van der Waals surface area contributed by atoms with Crippen LogP contribution in [0.2, 0.25) is 0 Å². The lowest BCUT2D eigenvalue weighted by molar-refractivity contribution is -0.116. The monoisotopic (exact) mass is 370 g/mol. The van der Waals surface area contributed by atoms with E-state index in [4.69, 9.17) is 0 Å². The Labute approximate surface area is 161 Å². The molecule has 138 valence electrons. The lowest BCUT2D eigenvalue weighted by atomic mass is 9.84. The first-order chi connectivity index (χ1) is 13.7. The van der Waals surface area contributed by atoms with Crippen LogP contribution in [0.3, 0.4) is 0 Å². The Morgan fingerprint density at radius 1 is 1.14 bits per heavy atom. The van der Waals surface area contributed by atoms with Gasteiger partial charge in [0.25, 0.3) is 0 Å². The lowest BCUT2D eigenvalue weighted by Gasteiger charge is -2.24. The molecule has 4 heterocycles. The molecule has 0 spiro atoms. The molecule has 1 aliphatic heterocycles. The number of carbonyl (C=O) groups excluding carboxylic acids is 1.